The number of pyridine rings is 2. The highest BCUT2D eigenvalue weighted by Crippen LogP contribution is 2.27. The van der Waals surface area contributed by atoms with Gasteiger partial charge in [0, 0.05) is 38.6 Å². The molecule has 0 bridgehead atoms. The summed E-state index contributed by atoms with van der Waals surface area (Å²) in [4.78, 5) is 25.2. The summed E-state index contributed by atoms with van der Waals surface area (Å²) < 4.78 is 5.68. The third-order valence-electron chi connectivity index (χ3n) is 5.09. The van der Waals surface area contributed by atoms with Crippen molar-refractivity contribution in [1.29, 1.82) is 5.26 Å². The first kappa shape index (κ1) is 21.9. The van der Waals surface area contributed by atoms with Crippen LogP contribution < -0.4 is 9.64 Å². The monoisotopic (exact) mass is 467 g/mol. The molecule has 0 saturated carbocycles. The first-order valence-corrected chi connectivity index (χ1v) is 10.7. The fraction of sp³-hybridized carbons (Fsp3) is 0.217. The molecule has 9 heteroatoms. The molecule has 4 rings (SSSR count). The Morgan fingerprint density at radius 1 is 1.06 bits per heavy atom. The van der Waals surface area contributed by atoms with Crippen LogP contribution in [0.2, 0.25) is 10.0 Å². The highest BCUT2D eigenvalue weighted by Gasteiger charge is 2.25. The number of carbonyl (C=O) groups excluding carboxylic acids is 1. The predicted octanol–water partition coefficient (Wildman–Crippen LogP) is 4.20. The maximum atomic E-state index is 13.0. The Morgan fingerprint density at radius 2 is 1.81 bits per heavy atom. The molecule has 2 aromatic heterocycles. The van der Waals surface area contributed by atoms with Crippen LogP contribution in [0.3, 0.4) is 0 Å². The van der Waals surface area contributed by atoms with E-state index >= 15 is 0 Å². The Hall–Kier alpha value is -3.34. The first-order chi connectivity index (χ1) is 15.5. The molecule has 0 spiro atoms. The van der Waals surface area contributed by atoms with Gasteiger partial charge in [0.05, 0.1) is 15.6 Å². The van der Waals surface area contributed by atoms with Gasteiger partial charge in [0.15, 0.2) is 0 Å². The second-order valence-electron chi connectivity index (χ2n) is 7.20. The molecule has 1 saturated heterocycles. The smallest absolute Gasteiger partial charge is 0.255 e. The summed E-state index contributed by atoms with van der Waals surface area (Å²) in [5, 5.41) is 10.5. The number of anilines is 1. The van der Waals surface area contributed by atoms with Gasteiger partial charge in [-0.3, -0.25) is 4.79 Å². The topological polar surface area (TPSA) is 82.4 Å². The van der Waals surface area contributed by atoms with Crippen LogP contribution in [0.4, 0.5) is 5.82 Å². The average Bonchev–Trinajstić information content (AvgIpc) is 2.83. The maximum absolute atomic E-state index is 13.0. The van der Waals surface area contributed by atoms with Gasteiger partial charge in [0.1, 0.15) is 24.1 Å². The van der Waals surface area contributed by atoms with Crippen LogP contribution in [0.25, 0.3) is 0 Å². The minimum absolute atomic E-state index is 0.182. The lowest BCUT2D eigenvalue weighted by Crippen LogP contribution is -2.49. The van der Waals surface area contributed by atoms with E-state index in [4.69, 9.17) is 27.9 Å². The average molecular weight is 468 g/mol. The number of piperazine rings is 1. The van der Waals surface area contributed by atoms with Crippen LogP contribution >= 0.6 is 23.2 Å². The molecule has 1 aliphatic rings. The fourth-order valence-electron chi connectivity index (χ4n) is 3.43. The minimum Gasteiger partial charge on any atom is -0.472 e. The number of hydrogen-bond acceptors (Lipinski definition) is 6. The molecular weight excluding hydrogens is 449 g/mol. The van der Waals surface area contributed by atoms with Gasteiger partial charge in [-0.2, -0.15) is 5.26 Å². The fourth-order valence-corrected chi connectivity index (χ4v) is 3.93. The number of ether oxygens (including phenoxy) is 1. The molecule has 0 N–H and O–H groups in total. The summed E-state index contributed by atoms with van der Waals surface area (Å²) in [6.45, 7) is 2.44. The molecule has 7 nitrogen and oxygen atoms in total. The van der Waals surface area contributed by atoms with E-state index in [9.17, 15) is 10.1 Å². The van der Waals surface area contributed by atoms with E-state index in [1.54, 1.807) is 17.2 Å². The molecule has 162 valence electrons. The number of carbonyl (C=O) groups is 1. The first-order valence-electron chi connectivity index (χ1n) is 9.97. The second kappa shape index (κ2) is 9.86. The van der Waals surface area contributed by atoms with Gasteiger partial charge in [0.25, 0.3) is 5.91 Å². The van der Waals surface area contributed by atoms with Crippen molar-refractivity contribution in [3.05, 3.63) is 81.6 Å². The van der Waals surface area contributed by atoms with E-state index in [1.165, 1.54) is 12.3 Å². The largest absolute Gasteiger partial charge is 0.472 e. The van der Waals surface area contributed by atoms with E-state index in [1.807, 2.05) is 35.2 Å². The van der Waals surface area contributed by atoms with Crippen molar-refractivity contribution < 1.29 is 9.53 Å². The van der Waals surface area contributed by atoms with Gasteiger partial charge >= 0.3 is 0 Å². The van der Waals surface area contributed by atoms with E-state index < -0.39 is 0 Å². The van der Waals surface area contributed by atoms with Crippen molar-refractivity contribution >= 4 is 34.9 Å². The Bertz CT molecular complexity index is 1160. The van der Waals surface area contributed by atoms with Crippen molar-refractivity contribution in [2.24, 2.45) is 0 Å². The van der Waals surface area contributed by atoms with E-state index in [2.05, 4.69) is 16.0 Å². The van der Waals surface area contributed by atoms with Crippen molar-refractivity contribution in [2.45, 2.75) is 6.61 Å². The van der Waals surface area contributed by atoms with E-state index in [0.29, 0.717) is 54.2 Å². The number of rotatable bonds is 5. The molecule has 1 fully saturated rings. The highest BCUT2D eigenvalue weighted by molar-refractivity contribution is 6.36. The summed E-state index contributed by atoms with van der Waals surface area (Å²) >= 11 is 12.2. The van der Waals surface area contributed by atoms with E-state index in [0.717, 1.165) is 5.56 Å². The van der Waals surface area contributed by atoms with Crippen molar-refractivity contribution in [3.8, 4) is 11.9 Å². The molecule has 0 aliphatic carbocycles. The van der Waals surface area contributed by atoms with Crippen molar-refractivity contribution in [2.75, 3.05) is 31.1 Å². The molecule has 1 aliphatic heterocycles. The van der Waals surface area contributed by atoms with Gasteiger partial charge in [-0.05, 0) is 17.7 Å². The number of benzene rings is 1. The summed E-state index contributed by atoms with van der Waals surface area (Å²) in [6, 6.07) is 14.8. The lowest BCUT2D eigenvalue weighted by Gasteiger charge is -2.35. The van der Waals surface area contributed by atoms with Crippen LogP contribution in [-0.2, 0) is 6.61 Å². The molecule has 1 aromatic carbocycles. The van der Waals surface area contributed by atoms with Crippen LogP contribution in [0.1, 0.15) is 21.5 Å². The van der Waals surface area contributed by atoms with Crippen molar-refractivity contribution in [3.63, 3.8) is 0 Å². The van der Waals surface area contributed by atoms with Gasteiger partial charge in [-0.25, -0.2) is 9.97 Å². The Labute approximate surface area is 195 Å². The van der Waals surface area contributed by atoms with Gasteiger partial charge in [-0.15, -0.1) is 0 Å². The molecule has 0 unspecified atom stereocenters. The summed E-state index contributed by atoms with van der Waals surface area (Å²) in [6.07, 6.45) is 3.00. The number of amides is 1. The summed E-state index contributed by atoms with van der Waals surface area (Å²) in [5.41, 5.74) is 1.54. The Morgan fingerprint density at radius 3 is 2.50 bits per heavy atom. The lowest BCUT2D eigenvalue weighted by atomic mass is 10.1. The number of nitriles is 1. The van der Waals surface area contributed by atoms with Crippen LogP contribution in [0.5, 0.6) is 5.88 Å². The summed E-state index contributed by atoms with van der Waals surface area (Å²) in [7, 11) is 0. The molecule has 0 atom stereocenters. The molecular formula is C23H19Cl2N5O2. The zero-order chi connectivity index (χ0) is 22.5. The van der Waals surface area contributed by atoms with Crippen LogP contribution in [0.15, 0.2) is 54.9 Å². The second-order valence-corrected chi connectivity index (χ2v) is 8.04. The van der Waals surface area contributed by atoms with Gasteiger partial charge in [0.2, 0.25) is 5.88 Å². The Kier molecular flexibility index (Phi) is 6.74. The molecule has 3 aromatic rings. The number of halogens is 2. The third kappa shape index (κ3) is 4.93. The zero-order valence-corrected chi connectivity index (χ0v) is 18.6. The number of hydrogen-bond donors (Lipinski definition) is 0. The Balaban J connectivity index is 1.40. The molecule has 1 amide bonds. The maximum Gasteiger partial charge on any atom is 0.255 e. The van der Waals surface area contributed by atoms with Crippen LogP contribution in [-0.4, -0.2) is 47.0 Å². The zero-order valence-electron chi connectivity index (χ0n) is 17.0. The number of nitrogens with zero attached hydrogens (tertiary/aromatic N) is 5. The number of aromatic nitrogens is 2. The molecule has 3 heterocycles. The van der Waals surface area contributed by atoms with Crippen LogP contribution in [0, 0.1) is 11.3 Å². The van der Waals surface area contributed by atoms with Gasteiger partial charge in [-0.1, -0.05) is 53.5 Å². The standard InChI is InChI=1S/C23H19Cl2N5O2/c24-19-11-20(25)21(27-14-19)29-6-8-30(9-7-29)23(31)18-10-17(12-26)22(28-13-18)32-15-16-4-2-1-3-5-16/h1-5,10-11,13-14H,6-9,15H2. The third-order valence-corrected chi connectivity index (χ3v) is 5.58. The van der Waals surface area contributed by atoms with Gasteiger partial charge < -0.3 is 14.5 Å². The molecule has 0 radical (unpaired) electrons. The quantitative estimate of drug-likeness (QED) is 0.559. The van der Waals surface area contributed by atoms with Crippen molar-refractivity contribution in [1.82, 2.24) is 14.9 Å². The SMILES string of the molecule is N#Cc1cc(C(=O)N2CCN(c3ncc(Cl)cc3Cl)CC2)cnc1OCc1ccccc1. The van der Waals surface area contributed by atoms with E-state index in [-0.39, 0.29) is 17.4 Å². The summed E-state index contributed by atoms with van der Waals surface area (Å²) in [5.74, 6) is 0.677. The predicted molar refractivity (Wildman–Crippen MR) is 122 cm³/mol. The minimum atomic E-state index is -0.182. The highest BCUT2D eigenvalue weighted by atomic mass is 35.5. The molecule has 32 heavy (non-hydrogen) atoms. The normalized spacial score (nSPS) is 13.5. The lowest BCUT2D eigenvalue weighted by molar-refractivity contribution is 0.0746.